The molecule has 3 N–H and O–H groups in total. The van der Waals surface area contributed by atoms with Gasteiger partial charge in [0.2, 0.25) is 5.88 Å². The molecule has 11 heteroatoms. The van der Waals surface area contributed by atoms with Crippen molar-refractivity contribution < 1.29 is 24.8 Å². The zero-order valence-electron chi connectivity index (χ0n) is 14.6. The molecule has 3 heterocycles. The molecule has 0 spiro atoms. The summed E-state index contributed by atoms with van der Waals surface area (Å²) < 4.78 is 12.5. The van der Waals surface area contributed by atoms with Gasteiger partial charge in [0, 0.05) is 5.75 Å². The van der Waals surface area contributed by atoms with E-state index in [9.17, 15) is 15.3 Å². The van der Waals surface area contributed by atoms with Crippen molar-refractivity contribution in [2.75, 3.05) is 19.0 Å². The van der Waals surface area contributed by atoms with Crippen LogP contribution in [0.3, 0.4) is 0 Å². The number of ether oxygens (including phenoxy) is 2. The summed E-state index contributed by atoms with van der Waals surface area (Å²) in [5, 5.41) is 38.1. The zero-order valence-corrected chi connectivity index (χ0v) is 15.5. The molecule has 0 radical (unpaired) electrons. The van der Waals surface area contributed by atoms with Crippen LogP contribution in [0, 0.1) is 0 Å². The Bertz CT molecular complexity index is 745. The van der Waals surface area contributed by atoms with Gasteiger partial charge in [-0.05, 0) is 12.8 Å². The summed E-state index contributed by atoms with van der Waals surface area (Å²) in [5.41, 5.74) is 0.705. The van der Waals surface area contributed by atoms with E-state index in [0.717, 1.165) is 18.6 Å². The molecular formula is C15H23N5O5S. The number of aliphatic hydroxyl groups excluding tert-OH is 3. The summed E-state index contributed by atoms with van der Waals surface area (Å²) in [5.74, 6) is 1.17. The molecular weight excluding hydrogens is 362 g/mol. The molecule has 3 rings (SSSR count). The lowest BCUT2D eigenvalue weighted by atomic mass is 10.1. The molecule has 0 saturated carbocycles. The third-order valence-electron chi connectivity index (χ3n) is 3.91. The first-order valence-corrected chi connectivity index (χ1v) is 9.60. The average Bonchev–Trinajstić information content (AvgIpc) is 3.19. The molecule has 2 aromatic heterocycles. The summed E-state index contributed by atoms with van der Waals surface area (Å²) in [6.07, 6.45) is -2.63. The molecule has 10 nitrogen and oxygen atoms in total. The smallest absolute Gasteiger partial charge is 0.248 e. The van der Waals surface area contributed by atoms with Crippen molar-refractivity contribution in [3.8, 4) is 5.88 Å². The minimum Gasteiger partial charge on any atom is -0.476 e. The second-order valence-corrected chi connectivity index (χ2v) is 7.01. The summed E-state index contributed by atoms with van der Waals surface area (Å²) in [7, 11) is 0. The Morgan fingerprint density at radius 3 is 2.65 bits per heavy atom. The quantitative estimate of drug-likeness (QED) is 0.425. The fourth-order valence-corrected chi connectivity index (χ4v) is 3.28. The fraction of sp³-hybridized carbons (Fsp3) is 0.733. The van der Waals surface area contributed by atoms with Gasteiger partial charge in [-0.15, -0.1) is 5.10 Å². The van der Waals surface area contributed by atoms with Crippen LogP contribution in [0.1, 0.15) is 32.9 Å². The number of aromatic nitrogens is 5. The van der Waals surface area contributed by atoms with Gasteiger partial charge >= 0.3 is 0 Å². The van der Waals surface area contributed by atoms with E-state index in [1.807, 2.05) is 6.92 Å². The van der Waals surface area contributed by atoms with E-state index >= 15 is 0 Å². The number of rotatable bonds is 8. The molecule has 0 bridgehead atoms. The monoisotopic (exact) mass is 385 g/mol. The van der Waals surface area contributed by atoms with Crippen molar-refractivity contribution >= 4 is 22.9 Å². The second-order valence-electron chi connectivity index (χ2n) is 5.94. The topological polar surface area (TPSA) is 136 Å². The van der Waals surface area contributed by atoms with Gasteiger partial charge in [0.1, 0.15) is 18.3 Å². The molecule has 1 saturated heterocycles. The molecule has 26 heavy (non-hydrogen) atoms. The number of fused-ring (bicyclic) bond motifs is 1. The third-order valence-corrected chi connectivity index (χ3v) is 4.96. The molecule has 4 atom stereocenters. The number of nitrogens with zero attached hydrogens (tertiary/aromatic N) is 5. The Hall–Kier alpha value is -1.53. The van der Waals surface area contributed by atoms with Gasteiger partial charge in [-0.1, -0.05) is 30.8 Å². The Balaban J connectivity index is 2.01. The van der Waals surface area contributed by atoms with E-state index in [1.54, 1.807) is 0 Å². The maximum absolute atomic E-state index is 10.3. The maximum Gasteiger partial charge on any atom is 0.248 e. The van der Waals surface area contributed by atoms with Gasteiger partial charge in [0.15, 0.2) is 22.5 Å². The van der Waals surface area contributed by atoms with Crippen molar-refractivity contribution in [3.05, 3.63) is 0 Å². The van der Waals surface area contributed by atoms with E-state index in [1.165, 1.54) is 16.4 Å². The highest BCUT2D eigenvalue weighted by molar-refractivity contribution is 7.99. The summed E-state index contributed by atoms with van der Waals surface area (Å²) in [6, 6.07) is 0. The lowest BCUT2D eigenvalue weighted by molar-refractivity contribution is -0.0575. The molecule has 144 valence electrons. The lowest BCUT2D eigenvalue weighted by Crippen LogP contribution is -2.33. The highest BCUT2D eigenvalue weighted by Crippen LogP contribution is 2.32. The Morgan fingerprint density at radius 1 is 1.19 bits per heavy atom. The molecule has 1 aliphatic heterocycles. The third kappa shape index (κ3) is 3.62. The Labute approximate surface area is 154 Å². The number of hydrogen-bond donors (Lipinski definition) is 3. The molecule has 1 fully saturated rings. The maximum atomic E-state index is 10.3. The minimum absolute atomic E-state index is 0.327. The van der Waals surface area contributed by atoms with E-state index in [4.69, 9.17) is 9.47 Å². The van der Waals surface area contributed by atoms with Crippen LogP contribution in [0.4, 0.5) is 0 Å². The van der Waals surface area contributed by atoms with Crippen LogP contribution in [0.2, 0.25) is 0 Å². The lowest BCUT2D eigenvalue weighted by Gasteiger charge is -2.15. The van der Waals surface area contributed by atoms with E-state index in [0.29, 0.717) is 28.8 Å². The molecule has 0 amide bonds. The van der Waals surface area contributed by atoms with Crippen LogP contribution >= 0.6 is 11.8 Å². The normalized spacial score (nSPS) is 25.9. The number of aliphatic hydroxyl groups is 3. The largest absolute Gasteiger partial charge is 0.476 e. The predicted octanol–water partition coefficient (Wildman–Crippen LogP) is 0.124. The molecule has 2 aromatic rings. The SMILES string of the molecule is CCCOc1nc(SCCC)nc2c1nnn2[C@@H]1O[C@H](CO)[C@@H](O)[C@H]1O. The van der Waals surface area contributed by atoms with Crippen molar-refractivity contribution in [2.45, 2.75) is 56.4 Å². The van der Waals surface area contributed by atoms with Crippen LogP contribution in [-0.4, -0.2) is 77.6 Å². The average molecular weight is 385 g/mol. The van der Waals surface area contributed by atoms with E-state index in [2.05, 4.69) is 27.2 Å². The van der Waals surface area contributed by atoms with Gasteiger partial charge in [-0.3, -0.25) is 0 Å². The number of thioether (sulfide) groups is 1. The van der Waals surface area contributed by atoms with Gasteiger partial charge in [0.05, 0.1) is 13.2 Å². The van der Waals surface area contributed by atoms with Crippen molar-refractivity contribution in [1.82, 2.24) is 25.0 Å². The van der Waals surface area contributed by atoms with Crippen molar-refractivity contribution in [3.63, 3.8) is 0 Å². The summed E-state index contributed by atoms with van der Waals surface area (Å²) in [4.78, 5) is 8.87. The van der Waals surface area contributed by atoms with E-state index < -0.39 is 31.1 Å². The highest BCUT2D eigenvalue weighted by atomic mass is 32.2. The van der Waals surface area contributed by atoms with Crippen molar-refractivity contribution in [2.24, 2.45) is 0 Å². The van der Waals surface area contributed by atoms with Gasteiger partial charge < -0.3 is 24.8 Å². The Morgan fingerprint density at radius 2 is 2.00 bits per heavy atom. The van der Waals surface area contributed by atoms with Crippen LogP contribution in [0.15, 0.2) is 5.16 Å². The molecule has 1 aliphatic rings. The standard InChI is InChI=1S/C15H23N5O5S/c1-3-5-24-13-9-12(16-15(17-13)26-6-4-2)20(19-18-9)14-11(23)10(22)8(7-21)25-14/h8,10-11,14,21-23H,3-7H2,1-2H3/t8-,10-,11-,14-/m1/s1. The zero-order chi connectivity index (χ0) is 18.7. The predicted molar refractivity (Wildman–Crippen MR) is 92.9 cm³/mol. The summed E-state index contributed by atoms with van der Waals surface area (Å²) in [6.45, 7) is 4.11. The minimum atomic E-state index is -1.27. The van der Waals surface area contributed by atoms with Crippen LogP contribution in [0.5, 0.6) is 5.88 Å². The molecule has 0 aromatic carbocycles. The van der Waals surface area contributed by atoms with Gasteiger partial charge in [0.25, 0.3) is 0 Å². The van der Waals surface area contributed by atoms with Crippen molar-refractivity contribution in [1.29, 1.82) is 0 Å². The van der Waals surface area contributed by atoms with Crippen LogP contribution in [0.25, 0.3) is 11.2 Å². The first-order chi connectivity index (χ1) is 12.6. The first-order valence-electron chi connectivity index (χ1n) is 8.61. The first kappa shape index (κ1) is 19.2. The summed E-state index contributed by atoms with van der Waals surface area (Å²) >= 11 is 1.48. The van der Waals surface area contributed by atoms with Gasteiger partial charge in [-0.2, -0.15) is 9.67 Å². The van der Waals surface area contributed by atoms with Gasteiger partial charge in [-0.25, -0.2) is 4.98 Å². The Kier molecular flexibility index (Phi) is 6.24. The fourth-order valence-electron chi connectivity index (χ4n) is 2.60. The van der Waals surface area contributed by atoms with Crippen LogP contribution < -0.4 is 4.74 Å². The second kappa shape index (κ2) is 8.44. The number of hydrogen-bond acceptors (Lipinski definition) is 10. The van der Waals surface area contributed by atoms with E-state index in [-0.39, 0.29) is 0 Å². The molecule has 0 unspecified atom stereocenters. The highest BCUT2D eigenvalue weighted by Gasteiger charge is 2.44. The van der Waals surface area contributed by atoms with Crippen LogP contribution in [-0.2, 0) is 4.74 Å². The molecule has 0 aliphatic carbocycles.